The van der Waals surface area contributed by atoms with E-state index in [-0.39, 0.29) is 17.6 Å². The Balaban J connectivity index is 1.54. The van der Waals surface area contributed by atoms with Crippen LogP contribution in [0.25, 0.3) is 0 Å². The maximum absolute atomic E-state index is 12.6. The first kappa shape index (κ1) is 17.5. The molecule has 0 bridgehead atoms. The molecule has 1 fully saturated rings. The number of rotatable bonds is 4. The normalized spacial score (nSPS) is 15.2. The zero-order chi connectivity index (χ0) is 17.8. The molecule has 3 rings (SSSR count). The number of halogens is 1. The smallest absolute Gasteiger partial charge is 0.226 e. The van der Waals surface area contributed by atoms with E-state index in [4.69, 9.17) is 17.3 Å². The summed E-state index contributed by atoms with van der Waals surface area (Å²) in [6.45, 7) is 1.25. The average molecular weight is 357 g/mol. The van der Waals surface area contributed by atoms with E-state index < -0.39 is 0 Å². The minimum Gasteiger partial charge on any atom is -0.399 e. The van der Waals surface area contributed by atoms with Crippen LogP contribution in [0.1, 0.15) is 28.8 Å². The molecule has 1 saturated heterocycles. The number of ketones is 1. The topological polar surface area (TPSA) is 63.4 Å². The van der Waals surface area contributed by atoms with Crippen molar-refractivity contribution in [2.45, 2.75) is 19.3 Å². The third-order valence-corrected chi connectivity index (χ3v) is 4.93. The number of carbonyl (C=O) groups is 2. The van der Waals surface area contributed by atoms with E-state index in [2.05, 4.69) is 0 Å². The molecule has 0 radical (unpaired) electrons. The maximum atomic E-state index is 12.6. The van der Waals surface area contributed by atoms with Gasteiger partial charge in [-0.2, -0.15) is 0 Å². The predicted molar refractivity (Wildman–Crippen MR) is 99.6 cm³/mol. The van der Waals surface area contributed by atoms with Crippen molar-refractivity contribution in [1.29, 1.82) is 0 Å². The summed E-state index contributed by atoms with van der Waals surface area (Å²) < 4.78 is 0. The SMILES string of the molecule is Nc1ccc(CC(=O)N2CCC(C(=O)c3ccc(Cl)cc3)CC2)cc1. The van der Waals surface area contributed by atoms with Crippen molar-refractivity contribution in [3.8, 4) is 0 Å². The number of benzene rings is 2. The Kier molecular flexibility index (Phi) is 5.39. The van der Waals surface area contributed by atoms with Gasteiger partial charge in [-0.25, -0.2) is 0 Å². The summed E-state index contributed by atoms with van der Waals surface area (Å²) in [4.78, 5) is 26.8. The molecule has 2 aromatic carbocycles. The van der Waals surface area contributed by atoms with E-state index in [1.165, 1.54) is 0 Å². The van der Waals surface area contributed by atoms with Gasteiger partial charge < -0.3 is 10.6 Å². The fourth-order valence-electron chi connectivity index (χ4n) is 3.16. The van der Waals surface area contributed by atoms with Crippen LogP contribution >= 0.6 is 11.6 Å². The first-order chi connectivity index (χ1) is 12.0. The zero-order valence-corrected chi connectivity index (χ0v) is 14.7. The Morgan fingerprint density at radius 2 is 1.60 bits per heavy atom. The number of hydrogen-bond donors (Lipinski definition) is 1. The number of nitrogens with two attached hydrogens (primary N) is 1. The summed E-state index contributed by atoms with van der Waals surface area (Å²) in [5, 5.41) is 0.625. The van der Waals surface area contributed by atoms with Gasteiger partial charge in [0.15, 0.2) is 5.78 Å². The third-order valence-electron chi connectivity index (χ3n) is 4.68. The van der Waals surface area contributed by atoms with Crippen LogP contribution in [0, 0.1) is 5.92 Å². The number of anilines is 1. The van der Waals surface area contributed by atoms with Gasteiger partial charge in [-0.05, 0) is 54.8 Å². The van der Waals surface area contributed by atoms with Crippen LogP contribution < -0.4 is 5.73 Å². The van der Waals surface area contributed by atoms with Gasteiger partial charge in [0.2, 0.25) is 5.91 Å². The van der Waals surface area contributed by atoms with E-state index in [1.807, 2.05) is 17.0 Å². The number of carbonyl (C=O) groups excluding carboxylic acids is 2. The van der Waals surface area contributed by atoms with Crippen LogP contribution in [-0.2, 0) is 11.2 Å². The van der Waals surface area contributed by atoms with Crippen LogP contribution in [0.3, 0.4) is 0 Å². The summed E-state index contributed by atoms with van der Waals surface area (Å²) in [6.07, 6.45) is 1.78. The van der Waals surface area contributed by atoms with Gasteiger partial charge in [0, 0.05) is 35.3 Å². The average Bonchev–Trinajstić information content (AvgIpc) is 2.64. The van der Waals surface area contributed by atoms with Crippen molar-refractivity contribution in [2.24, 2.45) is 5.92 Å². The standard InChI is InChI=1S/C20H21ClN2O2/c21-17-5-3-15(4-6-17)20(25)16-9-11-23(12-10-16)19(24)13-14-1-7-18(22)8-2-14/h1-8,16H,9-13,22H2. The second-order valence-corrected chi connectivity index (χ2v) is 6.88. The van der Waals surface area contributed by atoms with Gasteiger partial charge in [-0.1, -0.05) is 23.7 Å². The summed E-state index contributed by atoms with van der Waals surface area (Å²) in [7, 11) is 0. The molecule has 2 aromatic rings. The van der Waals surface area contributed by atoms with Crippen molar-refractivity contribution < 1.29 is 9.59 Å². The summed E-state index contributed by atoms with van der Waals surface area (Å²) in [6, 6.07) is 14.4. The molecule has 0 spiro atoms. The van der Waals surface area contributed by atoms with Crippen LogP contribution in [-0.4, -0.2) is 29.7 Å². The summed E-state index contributed by atoms with van der Waals surface area (Å²) >= 11 is 5.87. The zero-order valence-electron chi connectivity index (χ0n) is 14.0. The van der Waals surface area contributed by atoms with E-state index in [9.17, 15) is 9.59 Å². The van der Waals surface area contributed by atoms with Gasteiger partial charge in [0.1, 0.15) is 0 Å². The van der Waals surface area contributed by atoms with Crippen molar-refractivity contribution in [3.63, 3.8) is 0 Å². The first-order valence-electron chi connectivity index (χ1n) is 8.45. The minimum atomic E-state index is -0.0262. The Labute approximate surface area is 152 Å². The molecule has 0 aromatic heterocycles. The van der Waals surface area contributed by atoms with Gasteiger partial charge in [-0.3, -0.25) is 9.59 Å². The van der Waals surface area contributed by atoms with Crippen LogP contribution in [0.15, 0.2) is 48.5 Å². The van der Waals surface area contributed by atoms with E-state index in [0.29, 0.717) is 48.6 Å². The molecular weight excluding hydrogens is 336 g/mol. The third kappa shape index (κ3) is 4.40. The van der Waals surface area contributed by atoms with Crippen molar-refractivity contribution in [2.75, 3.05) is 18.8 Å². The van der Waals surface area contributed by atoms with Gasteiger partial charge in [-0.15, -0.1) is 0 Å². The highest BCUT2D eigenvalue weighted by Crippen LogP contribution is 2.23. The van der Waals surface area contributed by atoms with Crippen molar-refractivity contribution >= 4 is 29.0 Å². The van der Waals surface area contributed by atoms with Gasteiger partial charge in [0.25, 0.3) is 0 Å². The number of amides is 1. The lowest BCUT2D eigenvalue weighted by molar-refractivity contribution is -0.131. The Morgan fingerprint density at radius 3 is 2.20 bits per heavy atom. The molecule has 5 heteroatoms. The lowest BCUT2D eigenvalue weighted by Crippen LogP contribution is -2.41. The largest absolute Gasteiger partial charge is 0.399 e. The van der Waals surface area contributed by atoms with E-state index in [1.54, 1.807) is 36.4 Å². The highest BCUT2D eigenvalue weighted by atomic mass is 35.5. The molecule has 25 heavy (non-hydrogen) atoms. The minimum absolute atomic E-state index is 0.0262. The van der Waals surface area contributed by atoms with Gasteiger partial charge in [0.05, 0.1) is 6.42 Å². The second kappa shape index (κ2) is 7.70. The predicted octanol–water partition coefficient (Wildman–Crippen LogP) is 3.59. The lowest BCUT2D eigenvalue weighted by atomic mass is 9.88. The Morgan fingerprint density at radius 1 is 1.00 bits per heavy atom. The van der Waals surface area contributed by atoms with Crippen LogP contribution in [0.4, 0.5) is 5.69 Å². The molecule has 2 N–H and O–H groups in total. The maximum Gasteiger partial charge on any atom is 0.226 e. The Hall–Kier alpha value is -2.33. The molecule has 4 nitrogen and oxygen atoms in total. The first-order valence-corrected chi connectivity index (χ1v) is 8.82. The number of likely N-dealkylation sites (tertiary alicyclic amines) is 1. The van der Waals surface area contributed by atoms with Crippen molar-refractivity contribution in [1.82, 2.24) is 4.90 Å². The lowest BCUT2D eigenvalue weighted by Gasteiger charge is -2.31. The molecule has 130 valence electrons. The molecule has 0 unspecified atom stereocenters. The molecule has 1 aliphatic heterocycles. The quantitative estimate of drug-likeness (QED) is 0.672. The van der Waals surface area contributed by atoms with E-state index in [0.717, 1.165) is 5.56 Å². The summed E-state index contributed by atoms with van der Waals surface area (Å²) in [5.41, 5.74) is 8.01. The molecule has 0 saturated carbocycles. The summed E-state index contributed by atoms with van der Waals surface area (Å²) in [5.74, 6) is 0.214. The number of Topliss-reactive ketones (excluding diaryl/α,β-unsaturated/α-hetero) is 1. The molecule has 1 heterocycles. The monoisotopic (exact) mass is 356 g/mol. The molecule has 0 aliphatic carbocycles. The number of nitrogen functional groups attached to an aromatic ring is 1. The van der Waals surface area contributed by atoms with Crippen LogP contribution in [0.5, 0.6) is 0 Å². The highest BCUT2D eigenvalue weighted by Gasteiger charge is 2.27. The number of piperidine rings is 1. The van der Waals surface area contributed by atoms with E-state index >= 15 is 0 Å². The molecule has 1 aliphatic rings. The molecule has 0 atom stereocenters. The fraction of sp³-hybridized carbons (Fsp3) is 0.300. The van der Waals surface area contributed by atoms with Gasteiger partial charge >= 0.3 is 0 Å². The molecular formula is C20H21ClN2O2. The van der Waals surface area contributed by atoms with Crippen LogP contribution in [0.2, 0.25) is 5.02 Å². The number of nitrogens with zero attached hydrogens (tertiary/aromatic N) is 1. The highest BCUT2D eigenvalue weighted by molar-refractivity contribution is 6.30. The molecule has 1 amide bonds. The fourth-order valence-corrected chi connectivity index (χ4v) is 3.29. The number of hydrogen-bond acceptors (Lipinski definition) is 3. The van der Waals surface area contributed by atoms with Crippen molar-refractivity contribution in [3.05, 3.63) is 64.7 Å². The second-order valence-electron chi connectivity index (χ2n) is 6.44. The Bertz CT molecular complexity index is 748.